The van der Waals surface area contributed by atoms with Crippen molar-refractivity contribution in [1.29, 1.82) is 0 Å². The summed E-state index contributed by atoms with van der Waals surface area (Å²) in [6, 6.07) is 3.05. The van der Waals surface area contributed by atoms with Crippen LogP contribution in [0.1, 0.15) is 37.0 Å². The van der Waals surface area contributed by atoms with Gasteiger partial charge >= 0.3 is 5.97 Å². The minimum absolute atomic E-state index is 0.264. The fourth-order valence-electron chi connectivity index (χ4n) is 2.05. The monoisotopic (exact) mass is 373 g/mol. The predicted octanol–water partition coefficient (Wildman–Crippen LogP) is 2.84. The summed E-state index contributed by atoms with van der Waals surface area (Å²) in [5.74, 6) is -0.713. The molecule has 1 atom stereocenters. The zero-order chi connectivity index (χ0) is 16.9. The number of rotatable bonds is 7. The first kappa shape index (κ1) is 18.3. The lowest BCUT2D eigenvalue weighted by molar-refractivity contribution is -0.144. The number of nitrogens with one attached hydrogen (secondary N) is 1. The molecule has 0 aliphatic rings. The van der Waals surface area contributed by atoms with E-state index in [0.29, 0.717) is 28.8 Å². The maximum Gasteiger partial charge on any atom is 0.329 e. The summed E-state index contributed by atoms with van der Waals surface area (Å²) in [4.78, 5) is 23.8. The molecular weight excluding hydrogens is 354 g/mol. The van der Waals surface area contributed by atoms with Crippen LogP contribution in [0, 0.1) is 0 Å². The van der Waals surface area contributed by atoms with Gasteiger partial charge in [0.05, 0.1) is 14.2 Å². The largest absolute Gasteiger partial charge is 0.495 e. The number of methoxy groups -OCH3 is 2. The van der Waals surface area contributed by atoms with E-state index < -0.39 is 17.4 Å². The van der Waals surface area contributed by atoms with Gasteiger partial charge in [-0.05, 0) is 41.4 Å². The quantitative estimate of drug-likeness (QED) is 0.767. The number of carboxylic acid groups (broad SMARTS) is 1. The molecule has 122 valence electrons. The second-order valence-corrected chi connectivity index (χ2v) is 5.83. The smallest absolute Gasteiger partial charge is 0.329 e. The van der Waals surface area contributed by atoms with Gasteiger partial charge in [-0.1, -0.05) is 13.3 Å². The molecule has 1 rings (SSSR count). The number of carbonyl (C=O) groups is 2. The lowest BCUT2D eigenvalue weighted by Gasteiger charge is -2.26. The number of carbonyl (C=O) groups excluding carboxylic acids is 1. The maximum atomic E-state index is 12.4. The zero-order valence-corrected chi connectivity index (χ0v) is 14.6. The molecule has 0 saturated heterocycles. The van der Waals surface area contributed by atoms with E-state index in [0.717, 1.165) is 0 Å². The Morgan fingerprint density at radius 1 is 1.27 bits per heavy atom. The number of hydrogen-bond donors (Lipinski definition) is 2. The topological polar surface area (TPSA) is 84.9 Å². The van der Waals surface area contributed by atoms with Gasteiger partial charge in [0.15, 0.2) is 0 Å². The molecule has 0 aliphatic carbocycles. The van der Waals surface area contributed by atoms with E-state index in [1.54, 1.807) is 0 Å². The fraction of sp³-hybridized carbons (Fsp3) is 0.467. The first-order chi connectivity index (χ1) is 10.3. The highest BCUT2D eigenvalue weighted by Gasteiger charge is 2.34. The Morgan fingerprint density at radius 3 is 2.14 bits per heavy atom. The Morgan fingerprint density at radius 2 is 1.77 bits per heavy atom. The van der Waals surface area contributed by atoms with Crippen molar-refractivity contribution in [2.24, 2.45) is 0 Å². The lowest BCUT2D eigenvalue weighted by atomic mass is 9.95. The van der Waals surface area contributed by atoms with Crippen molar-refractivity contribution < 1.29 is 24.2 Å². The molecular formula is C15H20BrNO5. The average molecular weight is 374 g/mol. The highest BCUT2D eigenvalue weighted by molar-refractivity contribution is 9.10. The van der Waals surface area contributed by atoms with Crippen LogP contribution in [0.15, 0.2) is 16.6 Å². The molecule has 0 bridgehead atoms. The maximum absolute atomic E-state index is 12.4. The first-order valence-electron chi connectivity index (χ1n) is 6.76. The standard InChI is InChI=1S/C15H20BrNO5/c1-5-6-15(2,14(19)20)17-13(18)9-7-10(21-3)12(16)11(8-9)22-4/h7-8H,5-6H2,1-4H3,(H,17,18)(H,19,20). The van der Waals surface area contributed by atoms with Gasteiger partial charge in [-0.15, -0.1) is 0 Å². The SMILES string of the molecule is CCCC(C)(NC(=O)c1cc(OC)c(Br)c(OC)c1)C(=O)O. The van der Waals surface area contributed by atoms with Gasteiger partial charge < -0.3 is 19.9 Å². The van der Waals surface area contributed by atoms with Crippen molar-refractivity contribution in [3.63, 3.8) is 0 Å². The van der Waals surface area contributed by atoms with Crippen LogP contribution < -0.4 is 14.8 Å². The molecule has 0 radical (unpaired) electrons. The van der Waals surface area contributed by atoms with E-state index in [-0.39, 0.29) is 5.56 Å². The number of hydrogen-bond acceptors (Lipinski definition) is 4. The number of amides is 1. The van der Waals surface area contributed by atoms with Crippen LogP contribution in [-0.4, -0.2) is 36.7 Å². The van der Waals surface area contributed by atoms with Crippen LogP contribution >= 0.6 is 15.9 Å². The number of aliphatic carboxylic acids is 1. The summed E-state index contributed by atoms with van der Waals surface area (Å²) in [7, 11) is 2.94. The van der Waals surface area contributed by atoms with Crippen molar-refractivity contribution in [3.05, 3.63) is 22.2 Å². The number of benzene rings is 1. The molecule has 0 aliphatic heterocycles. The van der Waals surface area contributed by atoms with Gasteiger partial charge in [-0.2, -0.15) is 0 Å². The van der Waals surface area contributed by atoms with Gasteiger partial charge in [0, 0.05) is 5.56 Å². The van der Waals surface area contributed by atoms with E-state index in [9.17, 15) is 14.7 Å². The molecule has 1 aromatic rings. The Labute approximate surface area is 137 Å². The molecule has 1 unspecified atom stereocenters. The van der Waals surface area contributed by atoms with Crippen molar-refractivity contribution in [3.8, 4) is 11.5 Å². The molecule has 1 aromatic carbocycles. The third kappa shape index (κ3) is 3.91. The van der Waals surface area contributed by atoms with Gasteiger partial charge in [0.25, 0.3) is 5.91 Å². The van der Waals surface area contributed by atoms with Crippen molar-refractivity contribution >= 4 is 27.8 Å². The molecule has 1 amide bonds. The predicted molar refractivity (Wildman–Crippen MR) is 85.7 cm³/mol. The second-order valence-electron chi connectivity index (χ2n) is 5.04. The van der Waals surface area contributed by atoms with Crippen LogP contribution in [0.2, 0.25) is 0 Å². The Hall–Kier alpha value is -1.76. The highest BCUT2D eigenvalue weighted by Crippen LogP contribution is 2.35. The van der Waals surface area contributed by atoms with Crippen LogP contribution in [0.25, 0.3) is 0 Å². The van der Waals surface area contributed by atoms with E-state index in [1.807, 2.05) is 6.92 Å². The Bertz CT molecular complexity index is 550. The molecule has 6 nitrogen and oxygen atoms in total. The summed E-state index contributed by atoms with van der Waals surface area (Å²) in [6.45, 7) is 3.35. The lowest BCUT2D eigenvalue weighted by Crippen LogP contribution is -2.52. The summed E-state index contributed by atoms with van der Waals surface area (Å²) < 4.78 is 10.9. The number of carboxylic acids is 1. The molecule has 0 aromatic heterocycles. The molecule has 2 N–H and O–H groups in total. The van der Waals surface area contributed by atoms with Crippen molar-refractivity contribution in [1.82, 2.24) is 5.32 Å². The summed E-state index contributed by atoms with van der Waals surface area (Å²) in [5.41, 5.74) is -1.06. The van der Waals surface area contributed by atoms with Crippen molar-refractivity contribution in [2.75, 3.05) is 14.2 Å². The zero-order valence-electron chi connectivity index (χ0n) is 13.0. The molecule has 7 heteroatoms. The second kappa shape index (κ2) is 7.49. The Balaban J connectivity index is 3.15. The average Bonchev–Trinajstić information content (AvgIpc) is 2.47. The molecule has 22 heavy (non-hydrogen) atoms. The normalized spacial score (nSPS) is 13.1. The van der Waals surface area contributed by atoms with E-state index in [1.165, 1.54) is 33.3 Å². The Kier molecular flexibility index (Phi) is 6.22. The number of halogens is 1. The third-order valence-electron chi connectivity index (χ3n) is 3.32. The molecule has 0 fully saturated rings. The minimum Gasteiger partial charge on any atom is -0.495 e. The summed E-state index contributed by atoms with van der Waals surface area (Å²) in [6.07, 6.45) is 0.967. The molecule has 0 heterocycles. The minimum atomic E-state index is -1.32. The number of ether oxygens (including phenoxy) is 2. The third-order valence-corrected chi connectivity index (χ3v) is 4.10. The highest BCUT2D eigenvalue weighted by atomic mass is 79.9. The first-order valence-corrected chi connectivity index (χ1v) is 7.55. The van der Waals surface area contributed by atoms with Gasteiger partial charge in [0.1, 0.15) is 21.5 Å². The molecule has 0 spiro atoms. The van der Waals surface area contributed by atoms with E-state index in [4.69, 9.17) is 9.47 Å². The van der Waals surface area contributed by atoms with Crippen LogP contribution in [-0.2, 0) is 4.79 Å². The van der Waals surface area contributed by atoms with Gasteiger partial charge in [0.2, 0.25) is 0 Å². The van der Waals surface area contributed by atoms with Crippen molar-refractivity contribution in [2.45, 2.75) is 32.2 Å². The van der Waals surface area contributed by atoms with Gasteiger partial charge in [-0.25, -0.2) is 4.79 Å². The summed E-state index contributed by atoms with van der Waals surface area (Å²) in [5, 5.41) is 11.9. The fourth-order valence-corrected chi connectivity index (χ4v) is 2.60. The van der Waals surface area contributed by atoms with Crippen LogP contribution in [0.4, 0.5) is 0 Å². The van der Waals surface area contributed by atoms with Crippen LogP contribution in [0.3, 0.4) is 0 Å². The van der Waals surface area contributed by atoms with E-state index in [2.05, 4.69) is 21.2 Å². The molecule has 0 saturated carbocycles. The van der Waals surface area contributed by atoms with Gasteiger partial charge in [-0.3, -0.25) is 4.79 Å². The summed E-state index contributed by atoms with van der Waals surface area (Å²) >= 11 is 3.32. The van der Waals surface area contributed by atoms with E-state index >= 15 is 0 Å². The van der Waals surface area contributed by atoms with Crippen LogP contribution in [0.5, 0.6) is 11.5 Å².